The van der Waals surface area contributed by atoms with Crippen LogP contribution in [-0.4, -0.2) is 37.0 Å². The Balaban J connectivity index is 1.41. The molecule has 0 aliphatic carbocycles. The first-order valence-electron chi connectivity index (χ1n) is 10.5. The first kappa shape index (κ1) is 23.0. The second-order valence-corrected chi connectivity index (χ2v) is 7.94. The first-order valence-corrected chi connectivity index (χ1v) is 10.5. The van der Waals surface area contributed by atoms with Crippen LogP contribution in [0.1, 0.15) is 22.6 Å². The normalized spacial score (nSPS) is 11.5. The van der Waals surface area contributed by atoms with Gasteiger partial charge in [0.2, 0.25) is 5.91 Å². The molecule has 0 saturated heterocycles. The number of hydrogen-bond donors (Lipinski definition) is 3. The molecule has 0 unspecified atom stereocenters. The molecule has 1 amide bonds. The predicted molar refractivity (Wildman–Crippen MR) is 123 cm³/mol. The van der Waals surface area contributed by atoms with Gasteiger partial charge in [0, 0.05) is 29.7 Å². The molecular weight excluding hydrogens is 444 g/mol. The van der Waals surface area contributed by atoms with E-state index in [9.17, 15) is 18.4 Å². The third-order valence-corrected chi connectivity index (χ3v) is 5.28. The summed E-state index contributed by atoms with van der Waals surface area (Å²) in [4.78, 5) is 40.3. The Labute approximate surface area is 193 Å². The Hall–Kier alpha value is -4.15. The quantitative estimate of drug-likeness (QED) is 0.367. The van der Waals surface area contributed by atoms with Gasteiger partial charge in [0.05, 0.1) is 30.5 Å². The van der Waals surface area contributed by atoms with Crippen LogP contribution < -0.4 is 16.2 Å². The standard InChI is InChI=1S/C23H23F2N7O2/c1-14-3-4-19(28-8-14)23(24,25)13-31-21-22(34)32(15(2)9-30-21)12-20(33)29-10-17-7-16-5-6-26-18(16)11-27-17/h3-9,11,26H,10,12-13H2,1-2H3,(H,29,33)(H,30,31). The third kappa shape index (κ3) is 5.08. The van der Waals surface area contributed by atoms with Gasteiger partial charge in [0.25, 0.3) is 5.56 Å². The summed E-state index contributed by atoms with van der Waals surface area (Å²) < 4.78 is 30.2. The molecule has 4 aromatic heterocycles. The van der Waals surface area contributed by atoms with E-state index < -0.39 is 29.6 Å². The maximum Gasteiger partial charge on any atom is 0.306 e. The molecule has 0 bridgehead atoms. The molecule has 11 heteroatoms. The number of nitrogens with one attached hydrogen (secondary N) is 3. The van der Waals surface area contributed by atoms with E-state index in [1.165, 1.54) is 29.1 Å². The highest BCUT2D eigenvalue weighted by atomic mass is 19.3. The second kappa shape index (κ2) is 9.38. The molecule has 0 spiro atoms. The van der Waals surface area contributed by atoms with E-state index in [-0.39, 0.29) is 18.9 Å². The van der Waals surface area contributed by atoms with E-state index in [1.54, 1.807) is 26.2 Å². The van der Waals surface area contributed by atoms with Gasteiger partial charge in [-0.05, 0) is 37.6 Å². The average Bonchev–Trinajstić information content (AvgIpc) is 3.28. The van der Waals surface area contributed by atoms with Crippen molar-refractivity contribution >= 4 is 22.6 Å². The largest absolute Gasteiger partial charge is 0.360 e. The summed E-state index contributed by atoms with van der Waals surface area (Å²) >= 11 is 0. The summed E-state index contributed by atoms with van der Waals surface area (Å²) in [6, 6.07) is 6.53. The van der Waals surface area contributed by atoms with Crippen LogP contribution in [0.25, 0.3) is 10.9 Å². The molecular formula is C23H23F2N7O2. The summed E-state index contributed by atoms with van der Waals surface area (Å²) in [5.74, 6) is -4.01. The highest BCUT2D eigenvalue weighted by Gasteiger charge is 2.33. The average molecular weight is 467 g/mol. The van der Waals surface area contributed by atoms with Crippen LogP contribution in [-0.2, 0) is 23.8 Å². The topological polar surface area (TPSA) is 118 Å². The lowest BCUT2D eigenvalue weighted by atomic mass is 10.2. The van der Waals surface area contributed by atoms with Crippen LogP contribution >= 0.6 is 0 Å². The van der Waals surface area contributed by atoms with E-state index in [4.69, 9.17) is 0 Å². The summed E-state index contributed by atoms with van der Waals surface area (Å²) in [6.07, 6.45) is 6.17. The summed E-state index contributed by atoms with van der Waals surface area (Å²) in [5, 5.41) is 6.09. The zero-order chi connectivity index (χ0) is 24.3. The van der Waals surface area contributed by atoms with E-state index in [2.05, 4.69) is 30.6 Å². The SMILES string of the molecule is Cc1ccc(C(F)(F)CNc2ncc(C)n(CC(=O)NCc3cc4cc[nH]c4cn3)c2=O)nc1. The molecule has 9 nitrogen and oxygen atoms in total. The molecule has 4 aromatic rings. The zero-order valence-electron chi connectivity index (χ0n) is 18.6. The Kier molecular flexibility index (Phi) is 6.35. The minimum absolute atomic E-state index is 0.180. The number of halogens is 2. The van der Waals surface area contributed by atoms with Crippen molar-refractivity contribution in [3.8, 4) is 0 Å². The number of carbonyl (C=O) groups is 1. The van der Waals surface area contributed by atoms with Crippen molar-refractivity contribution in [1.82, 2.24) is 29.8 Å². The number of anilines is 1. The molecule has 0 fully saturated rings. The monoisotopic (exact) mass is 467 g/mol. The van der Waals surface area contributed by atoms with Crippen LogP contribution in [0.4, 0.5) is 14.6 Å². The fraction of sp³-hybridized carbons (Fsp3) is 0.261. The highest BCUT2D eigenvalue weighted by molar-refractivity contribution is 5.79. The number of aromatic nitrogens is 5. The second-order valence-electron chi connectivity index (χ2n) is 7.94. The Morgan fingerprint density at radius 1 is 1.12 bits per heavy atom. The molecule has 0 atom stereocenters. The first-order chi connectivity index (χ1) is 16.2. The van der Waals surface area contributed by atoms with Crippen molar-refractivity contribution < 1.29 is 13.6 Å². The smallest absolute Gasteiger partial charge is 0.306 e. The number of aromatic amines is 1. The maximum atomic E-state index is 14.5. The van der Waals surface area contributed by atoms with Crippen LogP contribution in [0.5, 0.6) is 0 Å². The van der Waals surface area contributed by atoms with Crippen LogP contribution in [0.15, 0.2) is 53.8 Å². The van der Waals surface area contributed by atoms with Crippen molar-refractivity contribution in [3.63, 3.8) is 0 Å². The number of aryl methyl sites for hydroxylation is 2. The summed E-state index contributed by atoms with van der Waals surface area (Å²) in [7, 11) is 0. The van der Waals surface area contributed by atoms with Crippen molar-refractivity contribution in [2.75, 3.05) is 11.9 Å². The van der Waals surface area contributed by atoms with Gasteiger partial charge in [-0.2, -0.15) is 8.78 Å². The van der Waals surface area contributed by atoms with Crippen molar-refractivity contribution in [2.45, 2.75) is 32.9 Å². The minimum atomic E-state index is -3.32. The van der Waals surface area contributed by atoms with E-state index in [0.717, 1.165) is 16.5 Å². The number of carbonyl (C=O) groups excluding carboxylic acids is 1. The molecule has 0 aliphatic heterocycles. The molecule has 34 heavy (non-hydrogen) atoms. The molecule has 0 radical (unpaired) electrons. The summed E-state index contributed by atoms with van der Waals surface area (Å²) in [6.45, 7) is 2.38. The molecule has 0 saturated carbocycles. The molecule has 4 rings (SSSR count). The van der Waals surface area contributed by atoms with E-state index in [0.29, 0.717) is 11.4 Å². The molecule has 176 valence electrons. The van der Waals surface area contributed by atoms with Gasteiger partial charge < -0.3 is 15.6 Å². The van der Waals surface area contributed by atoms with E-state index in [1.807, 2.05) is 12.1 Å². The van der Waals surface area contributed by atoms with Crippen LogP contribution in [0, 0.1) is 13.8 Å². The summed E-state index contributed by atoms with van der Waals surface area (Å²) in [5.41, 5.74) is 1.64. The number of hydrogen-bond acceptors (Lipinski definition) is 6. The zero-order valence-corrected chi connectivity index (χ0v) is 18.6. The lowest BCUT2D eigenvalue weighted by molar-refractivity contribution is -0.121. The van der Waals surface area contributed by atoms with Gasteiger partial charge in [0.15, 0.2) is 5.82 Å². The highest BCUT2D eigenvalue weighted by Crippen LogP contribution is 2.26. The number of nitrogens with zero attached hydrogens (tertiary/aromatic N) is 4. The fourth-order valence-corrected chi connectivity index (χ4v) is 3.34. The van der Waals surface area contributed by atoms with Crippen LogP contribution in [0.2, 0.25) is 0 Å². The maximum absolute atomic E-state index is 14.5. The van der Waals surface area contributed by atoms with Crippen LogP contribution in [0.3, 0.4) is 0 Å². The van der Waals surface area contributed by atoms with Gasteiger partial charge in [0.1, 0.15) is 12.2 Å². The van der Waals surface area contributed by atoms with E-state index >= 15 is 0 Å². The van der Waals surface area contributed by atoms with Gasteiger partial charge in [-0.25, -0.2) is 4.98 Å². The number of pyridine rings is 2. The lowest BCUT2D eigenvalue weighted by Crippen LogP contribution is -2.36. The van der Waals surface area contributed by atoms with Gasteiger partial charge in [-0.15, -0.1) is 0 Å². The Bertz CT molecular complexity index is 1380. The van der Waals surface area contributed by atoms with Gasteiger partial charge in [-0.1, -0.05) is 6.07 Å². The lowest BCUT2D eigenvalue weighted by Gasteiger charge is -2.17. The van der Waals surface area contributed by atoms with Crippen molar-refractivity contribution in [1.29, 1.82) is 0 Å². The number of H-pyrrole nitrogens is 1. The predicted octanol–water partition coefficient (Wildman–Crippen LogP) is 2.65. The number of fused-ring (bicyclic) bond motifs is 1. The number of alkyl halides is 2. The van der Waals surface area contributed by atoms with Gasteiger partial charge >= 0.3 is 5.92 Å². The minimum Gasteiger partial charge on any atom is -0.360 e. The molecule has 4 heterocycles. The van der Waals surface area contributed by atoms with Gasteiger partial charge in [-0.3, -0.25) is 24.1 Å². The fourth-order valence-electron chi connectivity index (χ4n) is 3.34. The molecule has 3 N–H and O–H groups in total. The van der Waals surface area contributed by atoms with Crippen molar-refractivity contribution in [2.24, 2.45) is 0 Å². The number of rotatable bonds is 8. The third-order valence-electron chi connectivity index (χ3n) is 5.28. The Morgan fingerprint density at radius 2 is 1.94 bits per heavy atom. The Morgan fingerprint density at radius 3 is 2.71 bits per heavy atom. The molecule has 0 aliphatic rings. The van der Waals surface area contributed by atoms with Crippen molar-refractivity contribution in [3.05, 3.63) is 82.1 Å². The molecule has 0 aromatic carbocycles. The number of amides is 1.